The zero-order valence-corrected chi connectivity index (χ0v) is 18.4. The second kappa shape index (κ2) is 10.3. The van der Waals surface area contributed by atoms with Gasteiger partial charge in [0.15, 0.2) is 0 Å². The van der Waals surface area contributed by atoms with Crippen molar-refractivity contribution in [3.8, 4) is 0 Å². The number of hydrogen-bond donors (Lipinski definition) is 2. The minimum Gasteiger partial charge on any atom is -0.326 e. The predicted molar refractivity (Wildman–Crippen MR) is 125 cm³/mol. The summed E-state index contributed by atoms with van der Waals surface area (Å²) in [7, 11) is 0. The van der Waals surface area contributed by atoms with Crippen LogP contribution in [0.3, 0.4) is 0 Å². The molecular weight excluding hydrogens is 416 g/mol. The number of benzene rings is 3. The van der Waals surface area contributed by atoms with Gasteiger partial charge in [0.1, 0.15) is 0 Å². The molecule has 0 aliphatic carbocycles. The molecule has 3 rings (SSSR count). The fourth-order valence-electron chi connectivity index (χ4n) is 2.82. The van der Waals surface area contributed by atoms with E-state index in [0.29, 0.717) is 10.7 Å². The zero-order chi connectivity index (χ0) is 21.5. The summed E-state index contributed by atoms with van der Waals surface area (Å²) in [5.74, 6) is 0.113. The van der Waals surface area contributed by atoms with Crippen LogP contribution in [0.25, 0.3) is 0 Å². The van der Waals surface area contributed by atoms with Crippen molar-refractivity contribution in [3.63, 3.8) is 0 Å². The van der Waals surface area contributed by atoms with Gasteiger partial charge in [0.25, 0.3) is 0 Å². The second-order valence-electron chi connectivity index (χ2n) is 7.02. The van der Waals surface area contributed by atoms with E-state index in [2.05, 4.69) is 10.6 Å². The Labute approximate surface area is 186 Å². The molecule has 0 aliphatic heterocycles. The molecule has 0 aliphatic rings. The topological polar surface area (TPSA) is 58.2 Å². The van der Waals surface area contributed by atoms with Gasteiger partial charge in [0.05, 0.1) is 12.2 Å². The first-order valence-electron chi connectivity index (χ1n) is 9.53. The third-order valence-corrected chi connectivity index (χ3v) is 5.80. The highest BCUT2D eigenvalue weighted by Crippen LogP contribution is 2.22. The van der Waals surface area contributed by atoms with Gasteiger partial charge in [0, 0.05) is 21.3 Å². The van der Waals surface area contributed by atoms with E-state index in [4.69, 9.17) is 11.6 Å². The van der Waals surface area contributed by atoms with E-state index in [-0.39, 0.29) is 24.0 Å². The maximum atomic E-state index is 12.3. The largest absolute Gasteiger partial charge is 0.326 e. The Balaban J connectivity index is 1.52. The first-order chi connectivity index (χ1) is 14.4. The number of aryl methyl sites for hydroxylation is 2. The van der Waals surface area contributed by atoms with Gasteiger partial charge < -0.3 is 10.6 Å². The van der Waals surface area contributed by atoms with Gasteiger partial charge in [-0.15, -0.1) is 11.8 Å². The lowest BCUT2D eigenvalue weighted by Crippen LogP contribution is -2.15. The van der Waals surface area contributed by atoms with Crippen LogP contribution in [0.2, 0.25) is 5.02 Å². The van der Waals surface area contributed by atoms with Crippen LogP contribution in [0, 0.1) is 13.8 Å². The number of nitrogens with one attached hydrogen (secondary N) is 2. The van der Waals surface area contributed by atoms with Gasteiger partial charge in [-0.3, -0.25) is 9.59 Å². The smallest absolute Gasteiger partial charge is 0.234 e. The molecule has 4 nitrogen and oxygen atoms in total. The molecule has 0 heterocycles. The standard InChI is InChI=1S/C24H23ClN2O2S/c1-16-6-11-21(12-17(16)2)27-24(29)15-30-22-5-3-4-20(14-22)26-23(28)13-18-7-9-19(25)10-8-18/h3-12,14H,13,15H2,1-2H3,(H,26,28)(H,27,29). The highest BCUT2D eigenvalue weighted by Gasteiger charge is 2.08. The van der Waals surface area contributed by atoms with Gasteiger partial charge in [-0.2, -0.15) is 0 Å². The molecular formula is C24H23ClN2O2S. The third-order valence-electron chi connectivity index (χ3n) is 4.56. The van der Waals surface area contributed by atoms with E-state index < -0.39 is 0 Å². The Bertz CT molecular complexity index is 1050. The number of anilines is 2. The van der Waals surface area contributed by atoms with Gasteiger partial charge >= 0.3 is 0 Å². The van der Waals surface area contributed by atoms with Crippen LogP contribution in [0.5, 0.6) is 0 Å². The molecule has 6 heteroatoms. The van der Waals surface area contributed by atoms with Crippen molar-refractivity contribution in [1.82, 2.24) is 0 Å². The SMILES string of the molecule is Cc1ccc(NC(=O)CSc2cccc(NC(=O)Cc3ccc(Cl)cc3)c2)cc1C. The summed E-state index contributed by atoms with van der Waals surface area (Å²) < 4.78 is 0. The van der Waals surface area contributed by atoms with Crippen LogP contribution >= 0.6 is 23.4 Å². The number of carbonyl (C=O) groups is 2. The maximum Gasteiger partial charge on any atom is 0.234 e. The van der Waals surface area contributed by atoms with Crippen molar-refractivity contribution < 1.29 is 9.59 Å². The van der Waals surface area contributed by atoms with E-state index in [0.717, 1.165) is 21.7 Å². The van der Waals surface area contributed by atoms with E-state index >= 15 is 0 Å². The number of hydrogen-bond acceptors (Lipinski definition) is 3. The van der Waals surface area contributed by atoms with Crippen molar-refractivity contribution in [2.75, 3.05) is 16.4 Å². The zero-order valence-electron chi connectivity index (χ0n) is 16.9. The fourth-order valence-corrected chi connectivity index (χ4v) is 3.70. The summed E-state index contributed by atoms with van der Waals surface area (Å²) in [6.45, 7) is 4.06. The van der Waals surface area contributed by atoms with Gasteiger partial charge in [-0.1, -0.05) is 35.9 Å². The lowest BCUT2D eigenvalue weighted by atomic mass is 10.1. The molecule has 30 heavy (non-hydrogen) atoms. The molecule has 0 bridgehead atoms. The summed E-state index contributed by atoms with van der Waals surface area (Å²) >= 11 is 7.30. The molecule has 0 saturated heterocycles. The minimum atomic E-state index is -0.105. The predicted octanol–water partition coefficient (Wildman–Crippen LogP) is 5.87. The Morgan fingerprint density at radius 3 is 2.27 bits per heavy atom. The molecule has 3 aromatic carbocycles. The van der Waals surface area contributed by atoms with Crippen molar-refractivity contribution in [2.24, 2.45) is 0 Å². The molecule has 0 saturated carbocycles. The quantitative estimate of drug-likeness (QED) is 0.453. The highest BCUT2D eigenvalue weighted by molar-refractivity contribution is 8.00. The van der Waals surface area contributed by atoms with Crippen molar-refractivity contribution in [3.05, 3.63) is 88.4 Å². The van der Waals surface area contributed by atoms with Crippen LogP contribution in [0.4, 0.5) is 11.4 Å². The Morgan fingerprint density at radius 1 is 0.833 bits per heavy atom. The average molecular weight is 439 g/mol. The first-order valence-corrected chi connectivity index (χ1v) is 10.9. The van der Waals surface area contributed by atoms with Crippen molar-refractivity contribution in [1.29, 1.82) is 0 Å². The van der Waals surface area contributed by atoms with Crippen molar-refractivity contribution in [2.45, 2.75) is 25.2 Å². The second-order valence-corrected chi connectivity index (χ2v) is 8.50. The first kappa shape index (κ1) is 21.9. The summed E-state index contributed by atoms with van der Waals surface area (Å²) in [6.07, 6.45) is 0.271. The number of halogens is 1. The van der Waals surface area contributed by atoms with Gasteiger partial charge in [-0.25, -0.2) is 0 Å². The number of rotatable bonds is 7. The molecule has 0 unspecified atom stereocenters. The van der Waals surface area contributed by atoms with E-state index in [1.54, 1.807) is 12.1 Å². The van der Waals surface area contributed by atoms with E-state index in [1.807, 2.05) is 68.4 Å². The fraction of sp³-hybridized carbons (Fsp3) is 0.167. The summed E-state index contributed by atoms with van der Waals surface area (Å²) in [5.41, 5.74) is 4.73. The van der Waals surface area contributed by atoms with E-state index in [9.17, 15) is 9.59 Å². The summed E-state index contributed by atoms with van der Waals surface area (Å²) in [6, 6.07) is 20.6. The lowest BCUT2D eigenvalue weighted by Gasteiger charge is -2.09. The third kappa shape index (κ3) is 6.65. The van der Waals surface area contributed by atoms with Crippen LogP contribution in [-0.2, 0) is 16.0 Å². The van der Waals surface area contributed by atoms with Crippen LogP contribution in [0.15, 0.2) is 71.6 Å². The van der Waals surface area contributed by atoms with Gasteiger partial charge in [-0.05, 0) is 73.0 Å². The number of thioether (sulfide) groups is 1. The molecule has 2 N–H and O–H groups in total. The molecule has 2 amide bonds. The van der Waals surface area contributed by atoms with Crippen molar-refractivity contribution >= 4 is 46.6 Å². The maximum absolute atomic E-state index is 12.3. The molecule has 0 aromatic heterocycles. The Kier molecular flexibility index (Phi) is 7.55. The monoisotopic (exact) mass is 438 g/mol. The van der Waals surface area contributed by atoms with Gasteiger partial charge in [0.2, 0.25) is 11.8 Å². The van der Waals surface area contributed by atoms with Crippen LogP contribution in [0.1, 0.15) is 16.7 Å². The van der Waals surface area contributed by atoms with E-state index in [1.165, 1.54) is 17.3 Å². The number of amides is 2. The molecule has 0 radical (unpaired) electrons. The summed E-state index contributed by atoms with van der Waals surface area (Å²) in [4.78, 5) is 25.5. The molecule has 0 spiro atoms. The average Bonchev–Trinajstić information content (AvgIpc) is 2.71. The summed E-state index contributed by atoms with van der Waals surface area (Å²) in [5, 5.41) is 6.46. The molecule has 3 aromatic rings. The van der Waals surface area contributed by atoms with Crippen LogP contribution < -0.4 is 10.6 Å². The normalized spacial score (nSPS) is 10.5. The lowest BCUT2D eigenvalue weighted by molar-refractivity contribution is -0.115. The highest BCUT2D eigenvalue weighted by atomic mass is 35.5. The minimum absolute atomic E-state index is 0.0690. The van der Waals surface area contributed by atoms with Crippen LogP contribution in [-0.4, -0.2) is 17.6 Å². The Hall–Kier alpha value is -2.76. The molecule has 0 fully saturated rings. The molecule has 154 valence electrons. The Morgan fingerprint density at radius 2 is 1.53 bits per heavy atom. The number of carbonyl (C=O) groups excluding carboxylic acids is 2. The molecule has 0 atom stereocenters.